The van der Waals surface area contributed by atoms with E-state index in [0.717, 1.165) is 12.2 Å². The SMILES string of the molecule is CC(C)n1ncnc1CC(NN)c1cccs1. The summed E-state index contributed by atoms with van der Waals surface area (Å²) in [6.45, 7) is 4.18. The van der Waals surface area contributed by atoms with Crippen molar-refractivity contribution in [3.63, 3.8) is 0 Å². The van der Waals surface area contributed by atoms with Crippen LogP contribution in [0.1, 0.15) is 36.6 Å². The van der Waals surface area contributed by atoms with E-state index in [1.165, 1.54) is 4.88 Å². The standard InChI is InChI=1S/C11H17N5S/c1-8(2)16-11(13-7-14-16)6-9(15-12)10-4-3-5-17-10/h3-5,7-9,15H,6,12H2,1-2H3. The van der Waals surface area contributed by atoms with Gasteiger partial charge >= 0.3 is 0 Å². The molecule has 0 aromatic carbocycles. The molecule has 6 heteroatoms. The van der Waals surface area contributed by atoms with Gasteiger partial charge in [-0.25, -0.2) is 9.67 Å². The van der Waals surface area contributed by atoms with Crippen molar-refractivity contribution in [3.8, 4) is 0 Å². The molecule has 0 radical (unpaired) electrons. The molecule has 0 aliphatic carbocycles. The largest absolute Gasteiger partial charge is 0.271 e. The molecule has 2 heterocycles. The second kappa shape index (κ2) is 5.39. The minimum atomic E-state index is 0.0942. The summed E-state index contributed by atoms with van der Waals surface area (Å²) in [5.74, 6) is 6.56. The average Bonchev–Trinajstić information content (AvgIpc) is 2.96. The zero-order valence-corrected chi connectivity index (χ0v) is 10.8. The molecule has 0 aliphatic rings. The molecule has 92 valence electrons. The summed E-state index contributed by atoms with van der Waals surface area (Å²) in [4.78, 5) is 5.51. The highest BCUT2D eigenvalue weighted by Gasteiger charge is 2.16. The van der Waals surface area contributed by atoms with Gasteiger partial charge in [-0.3, -0.25) is 11.3 Å². The summed E-state index contributed by atoms with van der Waals surface area (Å²) in [5, 5.41) is 6.27. The van der Waals surface area contributed by atoms with Crippen molar-refractivity contribution in [2.75, 3.05) is 0 Å². The molecule has 0 saturated carbocycles. The Bertz CT molecular complexity index is 448. The minimum absolute atomic E-state index is 0.0942. The Morgan fingerprint density at radius 3 is 2.94 bits per heavy atom. The first-order chi connectivity index (χ1) is 8.22. The lowest BCUT2D eigenvalue weighted by atomic mass is 10.1. The number of hydrogen-bond donors (Lipinski definition) is 2. The summed E-state index contributed by atoms with van der Waals surface area (Å²) >= 11 is 1.69. The first kappa shape index (κ1) is 12.2. The summed E-state index contributed by atoms with van der Waals surface area (Å²) in [5.41, 5.74) is 2.84. The Hall–Kier alpha value is -1.24. The van der Waals surface area contributed by atoms with E-state index in [9.17, 15) is 0 Å². The third kappa shape index (κ3) is 2.71. The molecule has 1 atom stereocenters. The molecular formula is C11H17N5S. The van der Waals surface area contributed by atoms with Gasteiger partial charge in [-0.05, 0) is 25.3 Å². The fraction of sp³-hybridized carbons (Fsp3) is 0.455. The van der Waals surface area contributed by atoms with E-state index >= 15 is 0 Å². The topological polar surface area (TPSA) is 68.8 Å². The molecule has 2 aromatic rings. The van der Waals surface area contributed by atoms with Crippen molar-refractivity contribution >= 4 is 11.3 Å². The normalized spacial score (nSPS) is 13.2. The molecule has 5 nitrogen and oxygen atoms in total. The van der Waals surface area contributed by atoms with Gasteiger partial charge < -0.3 is 0 Å². The minimum Gasteiger partial charge on any atom is -0.271 e. The van der Waals surface area contributed by atoms with Crippen molar-refractivity contribution in [2.24, 2.45) is 5.84 Å². The van der Waals surface area contributed by atoms with E-state index in [0.29, 0.717) is 6.04 Å². The number of thiophene rings is 1. The van der Waals surface area contributed by atoms with Gasteiger partial charge in [-0.1, -0.05) is 6.07 Å². The third-order valence-corrected chi connectivity index (χ3v) is 3.60. The van der Waals surface area contributed by atoms with Crippen molar-refractivity contribution in [3.05, 3.63) is 34.5 Å². The maximum absolute atomic E-state index is 5.61. The van der Waals surface area contributed by atoms with Crippen LogP contribution in [0.3, 0.4) is 0 Å². The van der Waals surface area contributed by atoms with Gasteiger partial charge in [-0.15, -0.1) is 11.3 Å². The molecule has 17 heavy (non-hydrogen) atoms. The average molecular weight is 251 g/mol. The van der Waals surface area contributed by atoms with Crippen LogP contribution in [-0.2, 0) is 6.42 Å². The number of nitrogens with two attached hydrogens (primary N) is 1. The quantitative estimate of drug-likeness (QED) is 0.626. The fourth-order valence-electron chi connectivity index (χ4n) is 1.77. The second-order valence-corrected chi connectivity index (χ2v) is 5.13. The maximum atomic E-state index is 5.61. The summed E-state index contributed by atoms with van der Waals surface area (Å²) in [7, 11) is 0. The van der Waals surface area contributed by atoms with E-state index in [1.807, 2.05) is 16.1 Å². The Morgan fingerprint density at radius 2 is 2.35 bits per heavy atom. The van der Waals surface area contributed by atoms with Gasteiger partial charge in [0.15, 0.2) is 0 Å². The summed E-state index contributed by atoms with van der Waals surface area (Å²) in [6, 6.07) is 4.51. The van der Waals surface area contributed by atoms with Crippen LogP contribution < -0.4 is 11.3 Å². The predicted octanol–water partition coefficient (Wildman–Crippen LogP) is 1.67. The van der Waals surface area contributed by atoms with E-state index in [2.05, 4.69) is 35.4 Å². The Kier molecular flexibility index (Phi) is 3.88. The molecule has 0 aliphatic heterocycles. The van der Waals surface area contributed by atoms with Crippen LogP contribution in [-0.4, -0.2) is 14.8 Å². The van der Waals surface area contributed by atoms with Gasteiger partial charge in [0.05, 0.1) is 6.04 Å². The Balaban J connectivity index is 2.16. The van der Waals surface area contributed by atoms with E-state index < -0.39 is 0 Å². The number of hydrazine groups is 1. The van der Waals surface area contributed by atoms with Crippen LogP contribution in [0.15, 0.2) is 23.8 Å². The van der Waals surface area contributed by atoms with Gasteiger partial charge in [0.2, 0.25) is 0 Å². The zero-order valence-electron chi connectivity index (χ0n) is 10.00. The molecule has 0 bridgehead atoms. The van der Waals surface area contributed by atoms with Crippen LogP contribution in [0.5, 0.6) is 0 Å². The number of nitrogens with one attached hydrogen (secondary N) is 1. The second-order valence-electron chi connectivity index (χ2n) is 4.15. The highest BCUT2D eigenvalue weighted by Crippen LogP contribution is 2.22. The van der Waals surface area contributed by atoms with Crippen molar-refractivity contribution in [1.82, 2.24) is 20.2 Å². The van der Waals surface area contributed by atoms with Gasteiger partial charge in [-0.2, -0.15) is 5.10 Å². The van der Waals surface area contributed by atoms with Crippen molar-refractivity contribution < 1.29 is 0 Å². The lowest BCUT2D eigenvalue weighted by Gasteiger charge is -2.15. The monoisotopic (exact) mass is 251 g/mol. The van der Waals surface area contributed by atoms with E-state index in [1.54, 1.807) is 17.7 Å². The van der Waals surface area contributed by atoms with Gasteiger partial charge in [0.25, 0.3) is 0 Å². The van der Waals surface area contributed by atoms with Crippen LogP contribution in [0.2, 0.25) is 0 Å². The van der Waals surface area contributed by atoms with Crippen LogP contribution >= 0.6 is 11.3 Å². The van der Waals surface area contributed by atoms with Crippen LogP contribution in [0, 0.1) is 0 Å². The van der Waals surface area contributed by atoms with Gasteiger partial charge in [0.1, 0.15) is 12.2 Å². The Labute approximate surface area is 105 Å². The molecule has 1 unspecified atom stereocenters. The molecule has 0 saturated heterocycles. The summed E-state index contributed by atoms with van der Waals surface area (Å²) < 4.78 is 1.93. The van der Waals surface area contributed by atoms with Crippen molar-refractivity contribution in [1.29, 1.82) is 0 Å². The molecule has 0 amide bonds. The summed E-state index contributed by atoms with van der Waals surface area (Å²) in [6.07, 6.45) is 2.34. The van der Waals surface area contributed by atoms with Crippen LogP contribution in [0.4, 0.5) is 0 Å². The molecule has 2 rings (SSSR count). The third-order valence-electron chi connectivity index (χ3n) is 2.61. The number of aromatic nitrogens is 3. The molecule has 0 fully saturated rings. The van der Waals surface area contributed by atoms with Gasteiger partial charge in [0, 0.05) is 17.3 Å². The maximum Gasteiger partial charge on any atom is 0.138 e. The smallest absolute Gasteiger partial charge is 0.138 e. The highest BCUT2D eigenvalue weighted by atomic mass is 32.1. The zero-order chi connectivity index (χ0) is 12.3. The van der Waals surface area contributed by atoms with Crippen LogP contribution in [0.25, 0.3) is 0 Å². The fourth-order valence-corrected chi connectivity index (χ4v) is 2.55. The lowest BCUT2D eigenvalue weighted by Crippen LogP contribution is -2.30. The Morgan fingerprint density at radius 1 is 1.53 bits per heavy atom. The first-order valence-electron chi connectivity index (χ1n) is 5.60. The molecular weight excluding hydrogens is 234 g/mol. The lowest BCUT2D eigenvalue weighted by molar-refractivity contribution is 0.471. The molecule has 3 N–H and O–H groups in total. The van der Waals surface area contributed by atoms with E-state index in [4.69, 9.17) is 5.84 Å². The molecule has 2 aromatic heterocycles. The number of rotatable bonds is 5. The van der Waals surface area contributed by atoms with Crippen molar-refractivity contribution in [2.45, 2.75) is 32.4 Å². The van der Waals surface area contributed by atoms with E-state index in [-0.39, 0.29) is 6.04 Å². The molecule has 0 spiro atoms. The number of hydrogen-bond acceptors (Lipinski definition) is 5. The predicted molar refractivity (Wildman–Crippen MR) is 68.5 cm³/mol. The number of nitrogens with zero attached hydrogens (tertiary/aromatic N) is 3. The highest BCUT2D eigenvalue weighted by molar-refractivity contribution is 7.10. The first-order valence-corrected chi connectivity index (χ1v) is 6.48.